The number of aromatic nitrogens is 3. The minimum atomic E-state index is -0.0534. The summed E-state index contributed by atoms with van der Waals surface area (Å²) in [5, 5.41) is 17.2. The number of aliphatic hydroxyl groups is 1. The van der Waals surface area contributed by atoms with Crippen molar-refractivity contribution in [3.8, 4) is 0 Å². The molecule has 1 N–H and O–H groups in total. The fourth-order valence-corrected chi connectivity index (χ4v) is 1.73. The van der Waals surface area contributed by atoms with E-state index in [1.807, 2.05) is 29.8 Å². The topological polar surface area (TPSA) is 50.9 Å². The highest BCUT2D eigenvalue weighted by Gasteiger charge is 2.11. The van der Waals surface area contributed by atoms with Crippen LogP contribution in [0, 0.1) is 0 Å². The summed E-state index contributed by atoms with van der Waals surface area (Å²) in [6, 6.07) is 10.1. The molecule has 0 saturated carbocycles. The van der Waals surface area contributed by atoms with Gasteiger partial charge in [0.25, 0.3) is 0 Å². The number of hydrogen-bond donors (Lipinski definition) is 1. The van der Waals surface area contributed by atoms with Crippen molar-refractivity contribution in [2.45, 2.75) is 26.5 Å². The zero-order valence-corrected chi connectivity index (χ0v) is 9.30. The standard InChI is InChI=1S/C12H15N3O/c1-2-15-12(11(9-16)13-14-15)8-10-6-4-3-5-7-10/h3-7,16H,2,8-9H2,1H3. The summed E-state index contributed by atoms with van der Waals surface area (Å²) in [5.74, 6) is 0. The molecular formula is C12H15N3O. The molecule has 84 valence electrons. The molecule has 1 heterocycles. The van der Waals surface area contributed by atoms with Gasteiger partial charge in [-0.2, -0.15) is 0 Å². The van der Waals surface area contributed by atoms with Crippen LogP contribution in [0.15, 0.2) is 30.3 Å². The van der Waals surface area contributed by atoms with Gasteiger partial charge in [-0.25, -0.2) is 4.68 Å². The largest absolute Gasteiger partial charge is 0.390 e. The average molecular weight is 217 g/mol. The number of nitrogens with zero attached hydrogens (tertiary/aromatic N) is 3. The third-order valence-corrected chi connectivity index (χ3v) is 2.58. The van der Waals surface area contributed by atoms with Crippen molar-refractivity contribution >= 4 is 0 Å². The second kappa shape index (κ2) is 4.90. The van der Waals surface area contributed by atoms with Gasteiger partial charge in [0.2, 0.25) is 0 Å². The third-order valence-electron chi connectivity index (χ3n) is 2.58. The quantitative estimate of drug-likeness (QED) is 0.841. The van der Waals surface area contributed by atoms with E-state index >= 15 is 0 Å². The molecule has 2 rings (SSSR count). The Morgan fingerprint density at radius 3 is 2.62 bits per heavy atom. The first kappa shape index (κ1) is 10.8. The summed E-state index contributed by atoms with van der Waals surface area (Å²) in [7, 11) is 0. The summed E-state index contributed by atoms with van der Waals surface area (Å²) < 4.78 is 1.83. The van der Waals surface area contributed by atoms with Crippen molar-refractivity contribution in [2.75, 3.05) is 0 Å². The maximum Gasteiger partial charge on any atom is 0.112 e. The SMILES string of the molecule is CCn1nnc(CO)c1Cc1ccccc1. The van der Waals surface area contributed by atoms with Crippen LogP contribution >= 0.6 is 0 Å². The predicted molar refractivity (Wildman–Crippen MR) is 60.9 cm³/mol. The molecule has 0 aliphatic carbocycles. The number of rotatable bonds is 4. The van der Waals surface area contributed by atoms with Crippen molar-refractivity contribution in [1.82, 2.24) is 15.0 Å². The Labute approximate surface area is 94.5 Å². The maximum absolute atomic E-state index is 9.19. The van der Waals surface area contributed by atoms with Crippen LogP contribution in [0.4, 0.5) is 0 Å². The molecule has 0 spiro atoms. The van der Waals surface area contributed by atoms with Crippen LogP contribution < -0.4 is 0 Å². The lowest BCUT2D eigenvalue weighted by molar-refractivity contribution is 0.275. The van der Waals surface area contributed by atoms with E-state index in [9.17, 15) is 5.11 Å². The van der Waals surface area contributed by atoms with Crippen molar-refractivity contribution in [3.05, 3.63) is 47.3 Å². The molecule has 16 heavy (non-hydrogen) atoms. The molecule has 0 radical (unpaired) electrons. The van der Waals surface area contributed by atoms with Crippen molar-refractivity contribution in [2.24, 2.45) is 0 Å². The highest BCUT2D eigenvalue weighted by Crippen LogP contribution is 2.12. The van der Waals surface area contributed by atoms with Gasteiger partial charge in [0.1, 0.15) is 5.69 Å². The summed E-state index contributed by atoms with van der Waals surface area (Å²) in [6.07, 6.45) is 0.761. The first-order valence-corrected chi connectivity index (χ1v) is 5.41. The lowest BCUT2D eigenvalue weighted by atomic mass is 10.1. The van der Waals surface area contributed by atoms with Gasteiger partial charge in [0, 0.05) is 13.0 Å². The Morgan fingerprint density at radius 1 is 1.25 bits per heavy atom. The molecule has 0 amide bonds. The van der Waals surface area contributed by atoms with E-state index in [-0.39, 0.29) is 6.61 Å². The monoisotopic (exact) mass is 217 g/mol. The van der Waals surface area contributed by atoms with Gasteiger partial charge >= 0.3 is 0 Å². The first-order valence-electron chi connectivity index (χ1n) is 5.41. The zero-order valence-electron chi connectivity index (χ0n) is 9.30. The number of benzene rings is 1. The molecule has 1 aromatic carbocycles. The molecule has 0 unspecified atom stereocenters. The Balaban J connectivity index is 2.29. The van der Waals surface area contributed by atoms with E-state index in [2.05, 4.69) is 22.4 Å². The Hall–Kier alpha value is -1.68. The van der Waals surface area contributed by atoms with Gasteiger partial charge < -0.3 is 5.11 Å². The number of aliphatic hydroxyl groups excluding tert-OH is 1. The minimum absolute atomic E-state index is 0.0534. The fraction of sp³-hybridized carbons (Fsp3) is 0.333. The fourth-order valence-electron chi connectivity index (χ4n) is 1.73. The number of hydrogen-bond acceptors (Lipinski definition) is 3. The van der Waals surface area contributed by atoms with E-state index in [0.717, 1.165) is 18.7 Å². The molecule has 2 aromatic rings. The molecule has 0 aliphatic rings. The van der Waals surface area contributed by atoms with Crippen molar-refractivity contribution in [1.29, 1.82) is 0 Å². The summed E-state index contributed by atoms with van der Waals surface area (Å²) in [5.41, 5.74) is 2.87. The molecule has 0 fully saturated rings. The average Bonchev–Trinajstić information content (AvgIpc) is 2.72. The van der Waals surface area contributed by atoms with Gasteiger partial charge in [-0.05, 0) is 12.5 Å². The second-order valence-corrected chi connectivity index (χ2v) is 3.62. The van der Waals surface area contributed by atoms with Crippen LogP contribution in [-0.4, -0.2) is 20.1 Å². The van der Waals surface area contributed by atoms with Crippen LogP contribution in [-0.2, 0) is 19.6 Å². The first-order chi connectivity index (χ1) is 7.85. The number of aryl methyl sites for hydroxylation is 1. The van der Waals surface area contributed by atoms with Gasteiger partial charge in [0.15, 0.2) is 0 Å². The lowest BCUT2D eigenvalue weighted by Crippen LogP contribution is -2.05. The van der Waals surface area contributed by atoms with E-state index in [1.54, 1.807) is 0 Å². The normalized spacial score (nSPS) is 10.6. The maximum atomic E-state index is 9.19. The second-order valence-electron chi connectivity index (χ2n) is 3.62. The van der Waals surface area contributed by atoms with Crippen LogP contribution in [0.3, 0.4) is 0 Å². The molecule has 0 saturated heterocycles. The van der Waals surface area contributed by atoms with E-state index in [1.165, 1.54) is 5.56 Å². The summed E-state index contributed by atoms with van der Waals surface area (Å²) >= 11 is 0. The molecule has 0 aliphatic heterocycles. The minimum Gasteiger partial charge on any atom is -0.390 e. The molecule has 4 heteroatoms. The van der Waals surface area contributed by atoms with Gasteiger partial charge in [0.05, 0.1) is 12.3 Å². The van der Waals surface area contributed by atoms with Crippen LogP contribution in [0.25, 0.3) is 0 Å². The van der Waals surface area contributed by atoms with Crippen molar-refractivity contribution in [3.63, 3.8) is 0 Å². The molecule has 1 aromatic heterocycles. The van der Waals surface area contributed by atoms with E-state index in [0.29, 0.717) is 5.69 Å². The smallest absolute Gasteiger partial charge is 0.112 e. The van der Waals surface area contributed by atoms with E-state index in [4.69, 9.17) is 0 Å². The van der Waals surface area contributed by atoms with Crippen LogP contribution in [0.2, 0.25) is 0 Å². The third kappa shape index (κ3) is 2.12. The van der Waals surface area contributed by atoms with Gasteiger partial charge in [-0.15, -0.1) is 5.10 Å². The molecule has 0 atom stereocenters. The summed E-state index contributed by atoms with van der Waals surface area (Å²) in [6.45, 7) is 2.74. The predicted octanol–water partition coefficient (Wildman–Crippen LogP) is 1.38. The van der Waals surface area contributed by atoms with Crippen molar-refractivity contribution < 1.29 is 5.11 Å². The summed E-state index contributed by atoms with van der Waals surface area (Å²) in [4.78, 5) is 0. The Kier molecular flexibility index (Phi) is 3.31. The highest BCUT2D eigenvalue weighted by molar-refractivity contribution is 5.23. The van der Waals surface area contributed by atoms with E-state index < -0.39 is 0 Å². The lowest BCUT2D eigenvalue weighted by Gasteiger charge is -2.05. The van der Waals surface area contributed by atoms with Crippen LogP contribution in [0.5, 0.6) is 0 Å². The Morgan fingerprint density at radius 2 is 2.00 bits per heavy atom. The molecule has 0 bridgehead atoms. The molecular weight excluding hydrogens is 202 g/mol. The molecule has 4 nitrogen and oxygen atoms in total. The zero-order chi connectivity index (χ0) is 11.4. The van der Waals surface area contributed by atoms with Gasteiger partial charge in [-0.3, -0.25) is 0 Å². The van der Waals surface area contributed by atoms with Crippen LogP contribution in [0.1, 0.15) is 23.9 Å². The van der Waals surface area contributed by atoms with Gasteiger partial charge in [-0.1, -0.05) is 35.5 Å². The highest BCUT2D eigenvalue weighted by atomic mass is 16.3. The Bertz CT molecular complexity index is 429.